The molecule has 2 aromatic carbocycles. The highest BCUT2D eigenvalue weighted by Crippen LogP contribution is 2.19. The van der Waals surface area contributed by atoms with Crippen molar-refractivity contribution in [2.24, 2.45) is 0 Å². The summed E-state index contributed by atoms with van der Waals surface area (Å²) in [7, 11) is 1.22. The van der Waals surface area contributed by atoms with Gasteiger partial charge in [0.25, 0.3) is 5.91 Å². The molecule has 0 atom stereocenters. The van der Waals surface area contributed by atoms with E-state index in [0.717, 1.165) is 18.1 Å². The van der Waals surface area contributed by atoms with Gasteiger partial charge in [0.05, 0.1) is 18.4 Å². The van der Waals surface area contributed by atoms with E-state index in [0.29, 0.717) is 25.1 Å². The first-order chi connectivity index (χ1) is 13.0. The Kier molecular flexibility index (Phi) is 5.49. The molecule has 2 amide bonds. The maximum absolute atomic E-state index is 14.0. The van der Waals surface area contributed by atoms with Gasteiger partial charge in [0.1, 0.15) is 5.82 Å². The number of carbonyl (C=O) groups excluding carboxylic acids is 3. The number of benzene rings is 2. The summed E-state index contributed by atoms with van der Waals surface area (Å²) in [4.78, 5) is 37.6. The number of hydrogen-bond donors (Lipinski definition) is 1. The Bertz CT molecular complexity index is 897. The lowest BCUT2D eigenvalue weighted by Gasteiger charge is -2.16. The molecule has 0 aliphatic carbocycles. The second-order valence-electron chi connectivity index (χ2n) is 6.26. The highest BCUT2D eigenvalue weighted by molar-refractivity contribution is 6.05. The summed E-state index contributed by atoms with van der Waals surface area (Å²) >= 11 is 0. The molecule has 1 aliphatic heterocycles. The molecule has 7 heteroatoms. The Morgan fingerprint density at radius 2 is 2.00 bits per heavy atom. The van der Waals surface area contributed by atoms with Gasteiger partial charge in [-0.3, -0.25) is 9.59 Å². The predicted octanol–water partition coefficient (Wildman–Crippen LogP) is 2.99. The summed E-state index contributed by atoms with van der Waals surface area (Å²) in [5.41, 5.74) is 1.18. The van der Waals surface area contributed by atoms with Crippen LogP contribution in [-0.4, -0.2) is 36.3 Å². The molecule has 1 fully saturated rings. The van der Waals surface area contributed by atoms with Gasteiger partial charge in [-0.05, 0) is 42.3 Å². The number of ether oxygens (including phenoxy) is 1. The SMILES string of the molecule is COC(=O)c1ccc(F)c(NC(=O)c2cccc(CN3CCCC3=O)c2)c1. The van der Waals surface area contributed by atoms with Gasteiger partial charge in [0.2, 0.25) is 5.91 Å². The van der Waals surface area contributed by atoms with Crippen molar-refractivity contribution in [3.63, 3.8) is 0 Å². The summed E-state index contributed by atoms with van der Waals surface area (Å²) in [6.07, 6.45) is 1.39. The van der Waals surface area contributed by atoms with Crippen LogP contribution in [0.2, 0.25) is 0 Å². The molecule has 3 rings (SSSR count). The first-order valence-corrected chi connectivity index (χ1v) is 8.54. The Hall–Kier alpha value is -3.22. The summed E-state index contributed by atoms with van der Waals surface area (Å²) in [5.74, 6) is -1.69. The molecule has 0 unspecified atom stereocenters. The van der Waals surface area contributed by atoms with Gasteiger partial charge < -0.3 is 15.0 Å². The van der Waals surface area contributed by atoms with E-state index in [1.807, 2.05) is 6.07 Å². The topological polar surface area (TPSA) is 75.7 Å². The van der Waals surface area contributed by atoms with Crippen molar-refractivity contribution >= 4 is 23.5 Å². The fraction of sp³-hybridized carbons (Fsp3) is 0.250. The number of carbonyl (C=O) groups is 3. The Balaban J connectivity index is 1.75. The normalized spacial score (nSPS) is 13.6. The van der Waals surface area contributed by atoms with Crippen LogP contribution in [0.5, 0.6) is 0 Å². The minimum atomic E-state index is -0.658. The van der Waals surface area contributed by atoms with Crippen LogP contribution in [0.4, 0.5) is 10.1 Å². The highest BCUT2D eigenvalue weighted by atomic mass is 19.1. The van der Waals surface area contributed by atoms with Crippen LogP contribution in [0.25, 0.3) is 0 Å². The van der Waals surface area contributed by atoms with Gasteiger partial charge >= 0.3 is 5.97 Å². The third kappa shape index (κ3) is 4.31. The smallest absolute Gasteiger partial charge is 0.337 e. The Labute approximate surface area is 155 Å². The van der Waals surface area contributed by atoms with Gasteiger partial charge in [0, 0.05) is 25.1 Å². The van der Waals surface area contributed by atoms with Crippen molar-refractivity contribution in [3.05, 3.63) is 65.0 Å². The second kappa shape index (κ2) is 7.99. The monoisotopic (exact) mass is 370 g/mol. The molecule has 0 bridgehead atoms. The molecule has 1 aliphatic rings. The first-order valence-electron chi connectivity index (χ1n) is 8.54. The molecule has 1 N–H and O–H groups in total. The number of likely N-dealkylation sites (tertiary alicyclic amines) is 1. The van der Waals surface area contributed by atoms with E-state index in [2.05, 4.69) is 10.1 Å². The zero-order chi connectivity index (χ0) is 19.4. The fourth-order valence-corrected chi connectivity index (χ4v) is 2.96. The molecule has 6 nitrogen and oxygen atoms in total. The Morgan fingerprint density at radius 1 is 1.19 bits per heavy atom. The van der Waals surface area contributed by atoms with Crippen molar-refractivity contribution in [2.75, 3.05) is 19.0 Å². The van der Waals surface area contributed by atoms with E-state index < -0.39 is 17.7 Å². The Morgan fingerprint density at radius 3 is 2.70 bits per heavy atom. The lowest BCUT2D eigenvalue weighted by Crippen LogP contribution is -2.24. The molecule has 2 aromatic rings. The van der Waals surface area contributed by atoms with Gasteiger partial charge in [-0.2, -0.15) is 0 Å². The molecule has 0 aromatic heterocycles. The van der Waals surface area contributed by atoms with Crippen molar-refractivity contribution < 1.29 is 23.5 Å². The number of esters is 1. The van der Waals surface area contributed by atoms with Crippen LogP contribution in [0.3, 0.4) is 0 Å². The number of anilines is 1. The summed E-state index contributed by atoms with van der Waals surface area (Å²) in [6.45, 7) is 1.15. The molecular formula is C20H19FN2O4. The van der Waals surface area contributed by atoms with Crippen LogP contribution in [-0.2, 0) is 16.1 Å². The highest BCUT2D eigenvalue weighted by Gasteiger charge is 2.20. The van der Waals surface area contributed by atoms with E-state index in [4.69, 9.17) is 0 Å². The molecule has 27 heavy (non-hydrogen) atoms. The average molecular weight is 370 g/mol. The summed E-state index contributed by atoms with van der Waals surface area (Å²) in [6, 6.07) is 10.4. The van der Waals surface area contributed by atoms with Gasteiger partial charge in [-0.1, -0.05) is 12.1 Å². The van der Waals surface area contributed by atoms with E-state index in [-0.39, 0.29) is 17.2 Å². The minimum Gasteiger partial charge on any atom is -0.465 e. The van der Waals surface area contributed by atoms with Crippen molar-refractivity contribution in [3.8, 4) is 0 Å². The van der Waals surface area contributed by atoms with E-state index in [1.165, 1.54) is 19.2 Å². The molecular weight excluding hydrogens is 351 g/mol. The number of nitrogens with one attached hydrogen (secondary N) is 1. The number of hydrogen-bond acceptors (Lipinski definition) is 4. The zero-order valence-electron chi connectivity index (χ0n) is 14.8. The summed E-state index contributed by atoms with van der Waals surface area (Å²) < 4.78 is 18.6. The van der Waals surface area contributed by atoms with Crippen LogP contribution in [0.15, 0.2) is 42.5 Å². The van der Waals surface area contributed by atoms with Crippen molar-refractivity contribution in [2.45, 2.75) is 19.4 Å². The minimum absolute atomic E-state index is 0.103. The predicted molar refractivity (Wildman–Crippen MR) is 96.8 cm³/mol. The number of halogens is 1. The number of amides is 2. The van der Waals surface area contributed by atoms with E-state index in [9.17, 15) is 18.8 Å². The molecule has 140 valence electrons. The van der Waals surface area contributed by atoms with Crippen molar-refractivity contribution in [1.82, 2.24) is 4.90 Å². The number of nitrogens with zero attached hydrogens (tertiary/aromatic N) is 1. The van der Waals surface area contributed by atoms with Gasteiger partial charge in [-0.15, -0.1) is 0 Å². The average Bonchev–Trinajstić information content (AvgIpc) is 3.07. The second-order valence-corrected chi connectivity index (χ2v) is 6.26. The van der Waals surface area contributed by atoms with Crippen molar-refractivity contribution in [1.29, 1.82) is 0 Å². The van der Waals surface area contributed by atoms with Gasteiger partial charge in [0.15, 0.2) is 0 Å². The molecule has 0 radical (unpaired) electrons. The fourth-order valence-electron chi connectivity index (χ4n) is 2.96. The molecule has 0 spiro atoms. The third-order valence-electron chi connectivity index (χ3n) is 4.37. The number of rotatable bonds is 5. The molecule has 1 heterocycles. The lowest BCUT2D eigenvalue weighted by atomic mass is 10.1. The number of methoxy groups -OCH3 is 1. The standard InChI is InChI=1S/C20H19FN2O4/c1-27-20(26)15-7-8-16(21)17(11-15)22-19(25)14-5-2-4-13(10-14)12-23-9-3-6-18(23)24/h2,4-5,7-8,10-11H,3,6,9,12H2,1H3,(H,22,25). The lowest BCUT2D eigenvalue weighted by molar-refractivity contribution is -0.128. The summed E-state index contributed by atoms with van der Waals surface area (Å²) in [5, 5.41) is 2.47. The maximum atomic E-state index is 14.0. The molecule has 0 saturated carbocycles. The largest absolute Gasteiger partial charge is 0.465 e. The van der Waals surface area contributed by atoms with Crippen LogP contribution in [0.1, 0.15) is 39.1 Å². The maximum Gasteiger partial charge on any atom is 0.337 e. The first kappa shape index (κ1) is 18.6. The third-order valence-corrected chi connectivity index (χ3v) is 4.37. The zero-order valence-corrected chi connectivity index (χ0v) is 14.8. The quantitative estimate of drug-likeness (QED) is 0.821. The van der Waals surface area contributed by atoms with Gasteiger partial charge in [-0.25, -0.2) is 9.18 Å². The molecule has 1 saturated heterocycles. The van der Waals surface area contributed by atoms with Crippen LogP contribution in [0, 0.1) is 5.82 Å². The van der Waals surface area contributed by atoms with E-state index >= 15 is 0 Å². The van der Waals surface area contributed by atoms with E-state index in [1.54, 1.807) is 23.1 Å². The van der Waals surface area contributed by atoms with Crippen LogP contribution < -0.4 is 5.32 Å². The van der Waals surface area contributed by atoms with Crippen LogP contribution >= 0.6 is 0 Å².